The van der Waals surface area contributed by atoms with Crippen LogP contribution in [0.2, 0.25) is 0 Å². The molecule has 0 aliphatic carbocycles. The van der Waals surface area contributed by atoms with Gasteiger partial charge in [-0.15, -0.1) is 11.3 Å². The molecule has 1 aliphatic rings. The molecule has 2 rings (SSSR count). The molecule has 1 aromatic heterocycles. The largest absolute Gasteiger partial charge is 0.362 e. The van der Waals surface area contributed by atoms with E-state index >= 15 is 0 Å². The van der Waals surface area contributed by atoms with Crippen molar-refractivity contribution in [1.82, 2.24) is 9.29 Å². The summed E-state index contributed by atoms with van der Waals surface area (Å²) in [6.45, 7) is 5.82. The fourth-order valence-electron chi connectivity index (χ4n) is 1.75. The van der Waals surface area contributed by atoms with Crippen LogP contribution in [0.15, 0.2) is 6.20 Å². The monoisotopic (exact) mass is 303 g/mol. The highest BCUT2D eigenvalue weighted by atomic mass is 32.2. The molecule has 1 amide bonds. The molecule has 0 bridgehead atoms. The summed E-state index contributed by atoms with van der Waals surface area (Å²) in [5, 5.41) is 3.88. The Morgan fingerprint density at radius 2 is 2.16 bits per heavy atom. The number of hydrogen-bond acceptors (Lipinski definition) is 6. The number of carbonyl (C=O) groups is 1. The van der Waals surface area contributed by atoms with Crippen LogP contribution in [0, 0.1) is 0 Å². The number of thiazole rings is 1. The minimum atomic E-state index is -3.51. The number of nitrogens with zero attached hydrogens (tertiary/aromatic N) is 2. The van der Waals surface area contributed by atoms with Crippen molar-refractivity contribution in [2.45, 2.75) is 38.5 Å². The molecular formula is C11H17N3O3S2. The lowest BCUT2D eigenvalue weighted by Gasteiger charge is -2.42. The average Bonchev–Trinajstić information content (AvgIpc) is 2.80. The molecule has 8 heteroatoms. The molecule has 0 spiro atoms. The highest BCUT2D eigenvalue weighted by Gasteiger charge is 2.60. The Morgan fingerprint density at radius 1 is 1.47 bits per heavy atom. The van der Waals surface area contributed by atoms with Crippen LogP contribution in [0.3, 0.4) is 0 Å². The van der Waals surface area contributed by atoms with Gasteiger partial charge in [-0.1, -0.05) is 6.92 Å². The smallest absolute Gasteiger partial charge is 0.259 e. The fraction of sp³-hybridized carbons (Fsp3) is 0.636. The summed E-state index contributed by atoms with van der Waals surface area (Å²) in [5.74, 6) is -0.357. The third-order valence-electron chi connectivity index (χ3n) is 3.06. The van der Waals surface area contributed by atoms with Crippen LogP contribution in [-0.4, -0.2) is 34.9 Å². The van der Waals surface area contributed by atoms with Crippen molar-refractivity contribution in [3.8, 4) is 0 Å². The first-order valence-electron chi connectivity index (χ1n) is 6.06. The van der Waals surface area contributed by atoms with Gasteiger partial charge in [0.05, 0.1) is 6.54 Å². The Labute approximate surface area is 116 Å². The van der Waals surface area contributed by atoms with E-state index in [-0.39, 0.29) is 12.5 Å². The molecule has 1 fully saturated rings. The molecule has 0 atom stereocenters. The second-order valence-corrected chi connectivity index (χ2v) is 8.41. The number of sulfonamides is 1. The highest BCUT2D eigenvalue weighted by Crippen LogP contribution is 2.36. The molecule has 0 aromatic carbocycles. The minimum absolute atomic E-state index is 0.0794. The number of carbonyl (C=O) groups excluding carboxylic acids is 1. The Kier molecular flexibility index (Phi) is 3.57. The zero-order valence-electron chi connectivity index (χ0n) is 11.1. The molecule has 1 aromatic rings. The second-order valence-electron chi connectivity index (χ2n) is 4.89. The first-order chi connectivity index (χ1) is 8.80. The quantitative estimate of drug-likeness (QED) is 0.890. The van der Waals surface area contributed by atoms with Crippen LogP contribution in [-0.2, 0) is 21.4 Å². The van der Waals surface area contributed by atoms with Crippen molar-refractivity contribution in [3.05, 3.63) is 11.1 Å². The van der Waals surface area contributed by atoms with Crippen molar-refractivity contribution >= 4 is 32.4 Å². The molecule has 1 N–H and O–H groups in total. The zero-order chi connectivity index (χ0) is 14.3. The van der Waals surface area contributed by atoms with Crippen LogP contribution in [0.25, 0.3) is 0 Å². The van der Waals surface area contributed by atoms with Gasteiger partial charge in [0.2, 0.25) is 0 Å². The molecular weight excluding hydrogens is 286 g/mol. The van der Waals surface area contributed by atoms with E-state index in [1.807, 2.05) is 0 Å². The summed E-state index contributed by atoms with van der Waals surface area (Å²) in [6, 6.07) is 0. The van der Waals surface area contributed by atoms with Crippen molar-refractivity contribution in [2.24, 2.45) is 0 Å². The maximum absolute atomic E-state index is 11.9. The predicted octanol–water partition coefficient (Wildman–Crippen LogP) is 1.42. The van der Waals surface area contributed by atoms with Crippen LogP contribution >= 0.6 is 11.3 Å². The molecule has 2 heterocycles. The molecule has 0 radical (unpaired) electrons. The lowest BCUT2D eigenvalue weighted by atomic mass is 10.2. The predicted molar refractivity (Wildman–Crippen MR) is 74.4 cm³/mol. The maximum atomic E-state index is 11.9. The summed E-state index contributed by atoms with van der Waals surface area (Å²) in [7, 11) is -3.51. The molecule has 6 nitrogen and oxygen atoms in total. The van der Waals surface area contributed by atoms with Gasteiger partial charge in [0.1, 0.15) is 0 Å². The summed E-state index contributed by atoms with van der Waals surface area (Å²) in [4.78, 5) is 16.7. The van der Waals surface area contributed by atoms with Gasteiger partial charge in [-0.2, -0.15) is 0 Å². The van der Waals surface area contributed by atoms with E-state index in [2.05, 4.69) is 17.2 Å². The first kappa shape index (κ1) is 14.3. The standard InChI is InChI=1S/C11H17N3O3S2/c1-4-5-12-10-13-6-8(18-10)7-14-9(15)11(2,3)19(14,16)17/h6H,4-5,7H2,1-3H3,(H,12,13). The molecule has 1 aliphatic heterocycles. The van der Waals surface area contributed by atoms with E-state index in [0.717, 1.165) is 27.3 Å². The van der Waals surface area contributed by atoms with Gasteiger partial charge in [0.25, 0.3) is 15.9 Å². The average molecular weight is 303 g/mol. The highest BCUT2D eigenvalue weighted by molar-refractivity contribution is 7.94. The Hall–Kier alpha value is -1.15. The van der Waals surface area contributed by atoms with Gasteiger partial charge in [-0.05, 0) is 20.3 Å². The first-order valence-corrected chi connectivity index (χ1v) is 8.31. The van der Waals surface area contributed by atoms with Crippen LogP contribution in [0.4, 0.5) is 5.13 Å². The van der Waals surface area contributed by atoms with Gasteiger partial charge in [0, 0.05) is 17.6 Å². The Bertz CT molecular complexity index is 592. The Balaban J connectivity index is 2.07. The number of amides is 1. The summed E-state index contributed by atoms with van der Waals surface area (Å²) in [6.07, 6.45) is 2.60. The summed E-state index contributed by atoms with van der Waals surface area (Å²) >= 11 is 1.37. The fourth-order valence-corrected chi connectivity index (χ4v) is 4.16. The number of nitrogens with one attached hydrogen (secondary N) is 1. The number of anilines is 1. The van der Waals surface area contributed by atoms with Gasteiger partial charge in [0.15, 0.2) is 9.88 Å². The lowest BCUT2D eigenvalue weighted by molar-refractivity contribution is -0.132. The number of rotatable bonds is 5. The van der Waals surface area contributed by atoms with E-state index in [1.54, 1.807) is 6.20 Å². The van der Waals surface area contributed by atoms with Crippen molar-refractivity contribution < 1.29 is 13.2 Å². The zero-order valence-corrected chi connectivity index (χ0v) is 12.8. The number of aromatic nitrogens is 1. The molecule has 19 heavy (non-hydrogen) atoms. The molecule has 0 saturated carbocycles. The van der Waals surface area contributed by atoms with Crippen LogP contribution in [0.1, 0.15) is 32.1 Å². The van der Waals surface area contributed by atoms with Crippen LogP contribution < -0.4 is 5.32 Å². The van der Waals surface area contributed by atoms with Crippen molar-refractivity contribution in [3.63, 3.8) is 0 Å². The second kappa shape index (κ2) is 4.75. The third kappa shape index (κ3) is 2.23. The van der Waals surface area contributed by atoms with E-state index in [0.29, 0.717) is 0 Å². The maximum Gasteiger partial charge on any atom is 0.259 e. The van der Waals surface area contributed by atoms with Gasteiger partial charge >= 0.3 is 0 Å². The summed E-state index contributed by atoms with van der Waals surface area (Å²) in [5.41, 5.74) is 0. The van der Waals surface area contributed by atoms with Crippen molar-refractivity contribution in [2.75, 3.05) is 11.9 Å². The van der Waals surface area contributed by atoms with Gasteiger partial charge in [-0.3, -0.25) is 4.79 Å². The lowest BCUT2D eigenvalue weighted by Crippen LogP contribution is -2.66. The van der Waals surface area contributed by atoms with Gasteiger partial charge < -0.3 is 5.32 Å². The van der Waals surface area contributed by atoms with E-state index in [1.165, 1.54) is 25.2 Å². The Morgan fingerprint density at radius 3 is 2.74 bits per heavy atom. The molecule has 106 valence electrons. The van der Waals surface area contributed by atoms with E-state index in [9.17, 15) is 13.2 Å². The van der Waals surface area contributed by atoms with Gasteiger partial charge in [-0.25, -0.2) is 17.7 Å². The normalized spacial score (nSPS) is 20.2. The summed E-state index contributed by atoms with van der Waals surface area (Å²) < 4.78 is 23.5. The minimum Gasteiger partial charge on any atom is -0.362 e. The van der Waals surface area contributed by atoms with Crippen molar-refractivity contribution in [1.29, 1.82) is 0 Å². The van der Waals surface area contributed by atoms with E-state index in [4.69, 9.17) is 0 Å². The molecule has 0 unspecified atom stereocenters. The molecule has 1 saturated heterocycles. The van der Waals surface area contributed by atoms with E-state index < -0.39 is 14.8 Å². The van der Waals surface area contributed by atoms with Crippen LogP contribution in [0.5, 0.6) is 0 Å². The SMILES string of the molecule is CCCNc1ncc(CN2C(=O)C(C)(C)S2(=O)=O)s1. The topological polar surface area (TPSA) is 79.4 Å². The number of hydrogen-bond donors (Lipinski definition) is 1. The third-order valence-corrected chi connectivity index (χ3v) is 6.34.